The third kappa shape index (κ3) is 3.98. The summed E-state index contributed by atoms with van der Waals surface area (Å²) < 4.78 is 0. The van der Waals surface area contributed by atoms with Gasteiger partial charge in [-0.3, -0.25) is 14.5 Å². The lowest BCUT2D eigenvalue weighted by Gasteiger charge is -2.33. The summed E-state index contributed by atoms with van der Waals surface area (Å²) in [4.78, 5) is 26.6. The van der Waals surface area contributed by atoms with Gasteiger partial charge in [0.1, 0.15) is 6.04 Å². The number of likely N-dealkylation sites (N-methyl/N-ethyl adjacent to an activating group) is 1. The smallest absolute Gasteiger partial charge is 0.320 e. The Hall–Kier alpha value is -1.10. The maximum Gasteiger partial charge on any atom is 0.320 e. The molecule has 1 fully saturated rings. The fourth-order valence-corrected chi connectivity index (χ4v) is 2.51. The zero-order valence-electron chi connectivity index (χ0n) is 11.6. The number of hydrogen-bond donors (Lipinski definition) is 1. The average Bonchev–Trinajstić information content (AvgIpc) is 2.29. The van der Waals surface area contributed by atoms with Gasteiger partial charge in [0.05, 0.1) is 6.54 Å². The van der Waals surface area contributed by atoms with Crippen molar-refractivity contribution in [3.63, 3.8) is 0 Å². The van der Waals surface area contributed by atoms with E-state index < -0.39 is 12.0 Å². The molecule has 1 saturated heterocycles. The highest BCUT2D eigenvalue weighted by molar-refractivity contribution is 5.80. The number of carboxylic acids is 1. The highest BCUT2D eigenvalue weighted by atomic mass is 16.4. The number of carbonyl (C=O) groups is 2. The molecule has 0 aliphatic carbocycles. The quantitative estimate of drug-likeness (QED) is 0.798. The number of carboxylic acid groups (broad SMARTS) is 1. The molecule has 18 heavy (non-hydrogen) atoms. The highest BCUT2D eigenvalue weighted by Gasteiger charge is 2.26. The SMILES string of the molecule is CCC(C(=O)O)N(C)CC(=O)N1CCCC(C)C1. The van der Waals surface area contributed by atoms with Gasteiger partial charge in [0.25, 0.3) is 0 Å². The summed E-state index contributed by atoms with van der Waals surface area (Å²) in [5, 5.41) is 9.04. The van der Waals surface area contributed by atoms with Crippen molar-refractivity contribution in [2.75, 3.05) is 26.7 Å². The van der Waals surface area contributed by atoms with E-state index in [1.165, 1.54) is 6.42 Å². The van der Waals surface area contributed by atoms with Gasteiger partial charge in [-0.15, -0.1) is 0 Å². The summed E-state index contributed by atoms with van der Waals surface area (Å²) >= 11 is 0. The van der Waals surface area contributed by atoms with Gasteiger partial charge in [-0.1, -0.05) is 13.8 Å². The molecule has 1 aliphatic heterocycles. The van der Waals surface area contributed by atoms with Crippen molar-refractivity contribution >= 4 is 11.9 Å². The van der Waals surface area contributed by atoms with Gasteiger partial charge in [-0.2, -0.15) is 0 Å². The van der Waals surface area contributed by atoms with Crippen molar-refractivity contribution < 1.29 is 14.7 Å². The van der Waals surface area contributed by atoms with E-state index in [1.54, 1.807) is 11.9 Å². The number of aliphatic carboxylic acids is 1. The molecule has 1 heterocycles. The van der Waals surface area contributed by atoms with Gasteiger partial charge in [0.2, 0.25) is 5.91 Å². The van der Waals surface area contributed by atoms with Crippen LogP contribution < -0.4 is 0 Å². The summed E-state index contributed by atoms with van der Waals surface area (Å²) in [6, 6.07) is -0.573. The van der Waals surface area contributed by atoms with Crippen LogP contribution in [0.25, 0.3) is 0 Å². The maximum atomic E-state index is 12.1. The number of nitrogens with zero attached hydrogens (tertiary/aromatic N) is 2. The molecule has 0 radical (unpaired) electrons. The van der Waals surface area contributed by atoms with Crippen LogP contribution in [0.5, 0.6) is 0 Å². The van der Waals surface area contributed by atoms with E-state index in [1.807, 2.05) is 11.8 Å². The Morgan fingerprint density at radius 2 is 2.17 bits per heavy atom. The van der Waals surface area contributed by atoms with Gasteiger partial charge in [0.15, 0.2) is 0 Å². The summed E-state index contributed by atoms with van der Waals surface area (Å²) in [6.45, 7) is 5.77. The average molecular weight is 256 g/mol. The van der Waals surface area contributed by atoms with E-state index in [4.69, 9.17) is 5.11 Å². The van der Waals surface area contributed by atoms with E-state index in [0.717, 1.165) is 19.5 Å². The molecule has 1 N–H and O–H groups in total. The van der Waals surface area contributed by atoms with Crippen molar-refractivity contribution in [1.82, 2.24) is 9.80 Å². The fourth-order valence-electron chi connectivity index (χ4n) is 2.51. The van der Waals surface area contributed by atoms with Crippen LogP contribution in [0.4, 0.5) is 0 Å². The number of carbonyl (C=O) groups excluding carboxylic acids is 1. The molecule has 1 rings (SSSR count). The fraction of sp³-hybridized carbons (Fsp3) is 0.846. The Balaban J connectivity index is 2.50. The van der Waals surface area contributed by atoms with Crippen LogP contribution in [0.15, 0.2) is 0 Å². The minimum absolute atomic E-state index is 0.0451. The predicted molar refractivity (Wildman–Crippen MR) is 69.3 cm³/mol. The van der Waals surface area contributed by atoms with Crippen LogP contribution in [0.3, 0.4) is 0 Å². The van der Waals surface area contributed by atoms with Crippen LogP contribution in [0, 0.1) is 5.92 Å². The molecule has 0 aromatic rings. The zero-order chi connectivity index (χ0) is 13.7. The van der Waals surface area contributed by atoms with E-state index in [0.29, 0.717) is 12.3 Å². The molecule has 5 nitrogen and oxygen atoms in total. The molecule has 0 aromatic carbocycles. The van der Waals surface area contributed by atoms with Crippen molar-refractivity contribution in [1.29, 1.82) is 0 Å². The highest BCUT2D eigenvalue weighted by Crippen LogP contribution is 2.15. The lowest BCUT2D eigenvalue weighted by molar-refractivity contribution is -0.144. The zero-order valence-corrected chi connectivity index (χ0v) is 11.6. The van der Waals surface area contributed by atoms with Gasteiger partial charge in [-0.25, -0.2) is 0 Å². The third-order valence-corrected chi connectivity index (χ3v) is 3.60. The van der Waals surface area contributed by atoms with Gasteiger partial charge < -0.3 is 10.0 Å². The van der Waals surface area contributed by atoms with Crippen molar-refractivity contribution in [3.05, 3.63) is 0 Å². The third-order valence-electron chi connectivity index (χ3n) is 3.60. The molecule has 1 aliphatic rings. The largest absolute Gasteiger partial charge is 0.480 e. The summed E-state index contributed by atoms with van der Waals surface area (Å²) in [6.07, 6.45) is 2.73. The molecule has 0 aromatic heterocycles. The Morgan fingerprint density at radius 3 is 2.67 bits per heavy atom. The number of amides is 1. The van der Waals surface area contributed by atoms with Crippen LogP contribution in [0.1, 0.15) is 33.1 Å². The molecule has 0 saturated carbocycles. The van der Waals surface area contributed by atoms with Crippen LogP contribution in [-0.2, 0) is 9.59 Å². The van der Waals surface area contributed by atoms with Gasteiger partial charge in [-0.05, 0) is 32.2 Å². The molecular formula is C13H24N2O3. The second-order valence-corrected chi connectivity index (χ2v) is 5.26. The summed E-state index contributed by atoms with van der Waals surface area (Å²) in [5.41, 5.74) is 0. The van der Waals surface area contributed by atoms with Crippen molar-refractivity contribution in [3.8, 4) is 0 Å². The Morgan fingerprint density at radius 1 is 1.50 bits per heavy atom. The lowest BCUT2D eigenvalue weighted by atomic mass is 10.0. The standard InChI is InChI=1S/C13H24N2O3/c1-4-11(13(17)18)14(3)9-12(16)15-7-5-6-10(2)8-15/h10-11H,4-9H2,1-3H3,(H,17,18). The van der Waals surface area contributed by atoms with E-state index in [2.05, 4.69) is 6.92 Å². The molecule has 2 atom stereocenters. The Bertz CT molecular complexity index is 307. The summed E-state index contributed by atoms with van der Waals surface area (Å²) in [5.74, 6) is -0.266. The van der Waals surface area contributed by atoms with Crippen LogP contribution in [-0.4, -0.2) is 59.5 Å². The van der Waals surface area contributed by atoms with Crippen molar-refractivity contribution in [2.24, 2.45) is 5.92 Å². The number of hydrogen-bond acceptors (Lipinski definition) is 3. The number of piperidine rings is 1. The minimum atomic E-state index is -0.861. The lowest BCUT2D eigenvalue weighted by Crippen LogP contribution is -2.47. The van der Waals surface area contributed by atoms with E-state index in [-0.39, 0.29) is 12.5 Å². The van der Waals surface area contributed by atoms with Gasteiger partial charge in [0, 0.05) is 13.1 Å². The topological polar surface area (TPSA) is 60.9 Å². The Kier molecular flexibility index (Phi) is 5.59. The van der Waals surface area contributed by atoms with Gasteiger partial charge >= 0.3 is 5.97 Å². The first-order chi connectivity index (χ1) is 8.45. The molecule has 104 valence electrons. The first-order valence-electron chi connectivity index (χ1n) is 6.66. The van der Waals surface area contributed by atoms with Crippen molar-refractivity contribution in [2.45, 2.75) is 39.2 Å². The molecular weight excluding hydrogens is 232 g/mol. The second kappa shape index (κ2) is 6.73. The summed E-state index contributed by atoms with van der Waals surface area (Å²) in [7, 11) is 1.70. The predicted octanol–water partition coefficient (Wildman–Crippen LogP) is 1.04. The van der Waals surface area contributed by atoms with Crippen LogP contribution in [0.2, 0.25) is 0 Å². The minimum Gasteiger partial charge on any atom is -0.480 e. The number of likely N-dealkylation sites (tertiary alicyclic amines) is 1. The molecule has 5 heteroatoms. The number of rotatable bonds is 5. The molecule has 2 unspecified atom stereocenters. The first-order valence-corrected chi connectivity index (χ1v) is 6.66. The molecule has 1 amide bonds. The maximum absolute atomic E-state index is 12.1. The second-order valence-electron chi connectivity index (χ2n) is 5.26. The molecule has 0 bridgehead atoms. The molecule has 0 spiro atoms. The van der Waals surface area contributed by atoms with Crippen LogP contribution >= 0.6 is 0 Å². The first kappa shape index (κ1) is 15.0. The Labute approximate surface area is 109 Å². The monoisotopic (exact) mass is 256 g/mol. The normalized spacial score (nSPS) is 22.0. The van der Waals surface area contributed by atoms with E-state index in [9.17, 15) is 9.59 Å². The van der Waals surface area contributed by atoms with E-state index >= 15 is 0 Å².